The van der Waals surface area contributed by atoms with Gasteiger partial charge < -0.3 is 19.9 Å². The summed E-state index contributed by atoms with van der Waals surface area (Å²) in [7, 11) is 2.00. The molecule has 2 amide bonds. The topological polar surface area (TPSA) is 79.7 Å². The SMILES string of the molecule is CN1CCN(C(=O)Oc2cc(-c3ccnn3-c3ccc(F)cc3F)cc3c2NC(=O)C32CCCC2)CC1. The number of piperazine rings is 1. The zero-order chi connectivity index (χ0) is 25.7. The van der Waals surface area contributed by atoms with Crippen LogP contribution in [-0.4, -0.2) is 64.8 Å². The van der Waals surface area contributed by atoms with Crippen molar-refractivity contribution in [3.05, 3.63) is 59.8 Å². The predicted octanol–water partition coefficient (Wildman–Crippen LogP) is 4.33. The Morgan fingerprint density at radius 2 is 1.81 bits per heavy atom. The van der Waals surface area contributed by atoms with E-state index in [9.17, 15) is 18.4 Å². The summed E-state index contributed by atoms with van der Waals surface area (Å²) in [5.74, 6) is -1.27. The number of benzene rings is 2. The van der Waals surface area contributed by atoms with Crippen molar-refractivity contribution in [3.63, 3.8) is 0 Å². The molecule has 1 saturated heterocycles. The maximum Gasteiger partial charge on any atom is 0.415 e. The normalized spacial score (nSPS) is 18.8. The number of likely N-dealkylation sites (N-methyl/N-ethyl adjacent to an activating group) is 1. The number of rotatable bonds is 3. The van der Waals surface area contributed by atoms with Crippen LogP contribution in [0, 0.1) is 11.6 Å². The monoisotopic (exact) mass is 507 g/mol. The Labute approximate surface area is 212 Å². The first kappa shape index (κ1) is 23.6. The Balaban J connectivity index is 1.45. The number of aromatic nitrogens is 2. The van der Waals surface area contributed by atoms with Crippen LogP contribution in [0.4, 0.5) is 19.3 Å². The molecule has 37 heavy (non-hydrogen) atoms. The molecule has 1 aromatic heterocycles. The number of ether oxygens (including phenoxy) is 1. The van der Waals surface area contributed by atoms with Gasteiger partial charge in [0.05, 0.1) is 23.0 Å². The molecule has 2 fully saturated rings. The number of anilines is 1. The number of hydrogen-bond acceptors (Lipinski definition) is 5. The van der Waals surface area contributed by atoms with E-state index in [0.717, 1.165) is 37.6 Å². The molecule has 0 bridgehead atoms. The van der Waals surface area contributed by atoms with Gasteiger partial charge in [-0.15, -0.1) is 0 Å². The van der Waals surface area contributed by atoms with Crippen molar-refractivity contribution >= 4 is 17.7 Å². The standard InChI is InChI=1S/C27H27F2N5O3/c1-32-10-12-33(13-11-32)26(36)37-23-15-17(14-19-24(23)31-25(35)27(19)7-2-3-8-27)21-6-9-30-34(21)22-5-4-18(28)16-20(22)29/h4-6,9,14-16H,2-3,7-8,10-13H2,1H3,(H,31,35). The fourth-order valence-corrected chi connectivity index (χ4v) is 5.70. The molecule has 1 N–H and O–H groups in total. The minimum absolute atomic E-state index is 0.0858. The maximum absolute atomic E-state index is 14.7. The highest BCUT2D eigenvalue weighted by Gasteiger charge is 2.50. The number of fused-ring (bicyclic) bond motifs is 2. The van der Waals surface area contributed by atoms with Crippen LogP contribution in [0.15, 0.2) is 42.6 Å². The quantitative estimate of drug-likeness (QED) is 0.571. The van der Waals surface area contributed by atoms with Gasteiger partial charge in [0.2, 0.25) is 5.91 Å². The van der Waals surface area contributed by atoms with Crippen molar-refractivity contribution in [2.75, 3.05) is 38.5 Å². The molecule has 8 nitrogen and oxygen atoms in total. The number of hydrogen-bond donors (Lipinski definition) is 1. The second-order valence-corrected chi connectivity index (χ2v) is 10.0. The molecule has 0 unspecified atom stereocenters. The Bertz CT molecular complexity index is 1390. The van der Waals surface area contributed by atoms with Gasteiger partial charge in [0, 0.05) is 37.8 Å². The van der Waals surface area contributed by atoms with Crippen LogP contribution in [0.1, 0.15) is 31.2 Å². The highest BCUT2D eigenvalue weighted by molar-refractivity contribution is 6.08. The van der Waals surface area contributed by atoms with Gasteiger partial charge in [0.15, 0.2) is 11.6 Å². The maximum atomic E-state index is 14.7. The number of halogens is 2. The van der Waals surface area contributed by atoms with E-state index in [1.54, 1.807) is 17.0 Å². The first-order valence-corrected chi connectivity index (χ1v) is 12.5. The van der Waals surface area contributed by atoms with E-state index in [-0.39, 0.29) is 17.3 Å². The van der Waals surface area contributed by atoms with E-state index >= 15 is 0 Å². The van der Waals surface area contributed by atoms with Crippen LogP contribution in [-0.2, 0) is 10.2 Å². The zero-order valence-electron chi connectivity index (χ0n) is 20.5. The number of nitrogens with zero attached hydrogens (tertiary/aromatic N) is 4. The summed E-state index contributed by atoms with van der Waals surface area (Å²) in [5.41, 5.74) is 1.83. The first-order chi connectivity index (χ1) is 17.9. The fourth-order valence-electron chi connectivity index (χ4n) is 5.70. The molecule has 3 aromatic rings. The van der Waals surface area contributed by atoms with Crippen LogP contribution >= 0.6 is 0 Å². The Hall–Kier alpha value is -3.79. The average Bonchev–Trinajstić information content (AvgIpc) is 3.61. The molecule has 0 atom stereocenters. The number of carbonyl (C=O) groups excluding carboxylic acids is 2. The second-order valence-electron chi connectivity index (χ2n) is 10.0. The van der Waals surface area contributed by atoms with Crippen LogP contribution in [0.25, 0.3) is 16.9 Å². The van der Waals surface area contributed by atoms with Gasteiger partial charge in [-0.2, -0.15) is 5.10 Å². The Kier molecular flexibility index (Phi) is 5.71. The molecule has 2 aromatic carbocycles. The van der Waals surface area contributed by atoms with Gasteiger partial charge >= 0.3 is 6.09 Å². The Morgan fingerprint density at radius 1 is 1.05 bits per heavy atom. The van der Waals surface area contributed by atoms with Crippen LogP contribution in [0.3, 0.4) is 0 Å². The van der Waals surface area contributed by atoms with Crippen molar-refractivity contribution in [3.8, 4) is 22.7 Å². The summed E-state index contributed by atoms with van der Waals surface area (Å²) < 4.78 is 35.5. The molecule has 2 aliphatic heterocycles. The minimum Gasteiger partial charge on any atom is -0.408 e. The molecular weight excluding hydrogens is 480 g/mol. The fraction of sp³-hybridized carbons (Fsp3) is 0.370. The van der Waals surface area contributed by atoms with Gasteiger partial charge in [-0.1, -0.05) is 12.8 Å². The van der Waals surface area contributed by atoms with Crippen molar-refractivity contribution < 1.29 is 23.1 Å². The number of nitrogens with one attached hydrogen (secondary N) is 1. The molecule has 3 aliphatic rings. The van der Waals surface area contributed by atoms with E-state index in [2.05, 4.69) is 15.3 Å². The van der Waals surface area contributed by atoms with Crippen LogP contribution < -0.4 is 10.1 Å². The summed E-state index contributed by atoms with van der Waals surface area (Å²) in [4.78, 5) is 30.1. The lowest BCUT2D eigenvalue weighted by Gasteiger charge is -2.31. The summed E-state index contributed by atoms with van der Waals surface area (Å²) in [5, 5.41) is 7.25. The highest BCUT2D eigenvalue weighted by Crippen LogP contribution is 2.53. The highest BCUT2D eigenvalue weighted by atomic mass is 19.1. The molecule has 6 rings (SSSR count). The summed E-state index contributed by atoms with van der Waals surface area (Å²) >= 11 is 0. The molecule has 1 aliphatic carbocycles. The lowest BCUT2D eigenvalue weighted by molar-refractivity contribution is -0.120. The molecule has 3 heterocycles. The average molecular weight is 508 g/mol. The summed E-state index contributed by atoms with van der Waals surface area (Å²) in [6, 6.07) is 8.60. The lowest BCUT2D eigenvalue weighted by Crippen LogP contribution is -2.48. The molecular formula is C27H27F2N5O3. The van der Waals surface area contributed by atoms with Crippen LogP contribution in [0.5, 0.6) is 5.75 Å². The number of carbonyl (C=O) groups is 2. The first-order valence-electron chi connectivity index (χ1n) is 12.5. The smallest absolute Gasteiger partial charge is 0.408 e. The lowest BCUT2D eigenvalue weighted by atomic mass is 9.79. The third-order valence-electron chi connectivity index (χ3n) is 7.78. The largest absolute Gasteiger partial charge is 0.415 e. The van der Waals surface area contributed by atoms with Crippen molar-refractivity contribution in [1.29, 1.82) is 0 Å². The zero-order valence-corrected chi connectivity index (χ0v) is 20.5. The summed E-state index contributed by atoms with van der Waals surface area (Å²) in [6.45, 7) is 2.58. The predicted molar refractivity (Wildman–Crippen MR) is 133 cm³/mol. The summed E-state index contributed by atoms with van der Waals surface area (Å²) in [6.07, 6.45) is 4.29. The van der Waals surface area contributed by atoms with Gasteiger partial charge in [-0.25, -0.2) is 18.3 Å². The van der Waals surface area contributed by atoms with Crippen molar-refractivity contribution in [2.24, 2.45) is 0 Å². The van der Waals surface area contributed by atoms with E-state index in [0.29, 0.717) is 42.9 Å². The van der Waals surface area contributed by atoms with Gasteiger partial charge in [0.25, 0.3) is 0 Å². The van der Waals surface area contributed by atoms with E-state index in [1.807, 2.05) is 13.1 Å². The van der Waals surface area contributed by atoms with Crippen molar-refractivity contribution in [2.45, 2.75) is 31.1 Å². The third kappa shape index (κ3) is 3.96. The van der Waals surface area contributed by atoms with E-state index < -0.39 is 23.1 Å². The van der Waals surface area contributed by atoms with Gasteiger partial charge in [-0.3, -0.25) is 4.79 Å². The second kappa shape index (κ2) is 8.95. The van der Waals surface area contributed by atoms with Crippen molar-refractivity contribution in [1.82, 2.24) is 19.6 Å². The molecule has 1 saturated carbocycles. The van der Waals surface area contributed by atoms with Gasteiger partial charge in [-0.05, 0) is 55.8 Å². The molecule has 1 spiro atoms. The Morgan fingerprint density at radius 3 is 2.54 bits per heavy atom. The molecule has 192 valence electrons. The van der Waals surface area contributed by atoms with Gasteiger partial charge in [0.1, 0.15) is 11.5 Å². The minimum atomic E-state index is -0.753. The third-order valence-corrected chi connectivity index (χ3v) is 7.78. The van der Waals surface area contributed by atoms with E-state index in [1.165, 1.54) is 23.0 Å². The van der Waals surface area contributed by atoms with E-state index in [4.69, 9.17) is 4.74 Å². The molecule has 0 radical (unpaired) electrons. The van der Waals surface area contributed by atoms with Crippen LogP contribution in [0.2, 0.25) is 0 Å². The molecule has 10 heteroatoms. The number of amides is 2.